The molecule has 0 bridgehead atoms. The van der Waals surface area contributed by atoms with Crippen LogP contribution in [0.15, 0.2) is 53.9 Å². The van der Waals surface area contributed by atoms with Crippen molar-refractivity contribution in [3.05, 3.63) is 59.6 Å². The molecular weight excluding hydrogens is 362 g/mol. The highest BCUT2D eigenvalue weighted by Gasteiger charge is 2.28. The summed E-state index contributed by atoms with van der Waals surface area (Å²) in [6, 6.07) is 15.2. The molecular formula is C20H19N3O3S. The molecule has 2 heterocycles. The van der Waals surface area contributed by atoms with Gasteiger partial charge in [-0.25, -0.2) is 9.48 Å². The lowest BCUT2D eigenvalue weighted by atomic mass is 10.3. The maximum Gasteiger partial charge on any atom is 0.357 e. The first kappa shape index (κ1) is 17.5. The summed E-state index contributed by atoms with van der Waals surface area (Å²) in [5, 5.41) is 9.39. The Morgan fingerprint density at radius 2 is 2.00 bits per heavy atom. The first-order valence-corrected chi connectivity index (χ1v) is 9.70. The second kappa shape index (κ2) is 7.36. The number of benzene rings is 1. The molecule has 2 aromatic heterocycles. The lowest BCUT2D eigenvalue weighted by Gasteiger charge is -2.13. The number of carbonyl (C=O) groups is 2. The van der Waals surface area contributed by atoms with E-state index in [-0.39, 0.29) is 17.6 Å². The van der Waals surface area contributed by atoms with Crippen molar-refractivity contribution in [1.82, 2.24) is 15.1 Å². The highest BCUT2D eigenvalue weighted by atomic mass is 32.1. The number of aromatic nitrogens is 2. The topological polar surface area (TPSA) is 73.2 Å². The number of carbonyl (C=O) groups excluding carboxylic acids is 2. The van der Waals surface area contributed by atoms with Crippen molar-refractivity contribution >= 4 is 23.2 Å². The fourth-order valence-corrected chi connectivity index (χ4v) is 3.34. The predicted molar refractivity (Wildman–Crippen MR) is 103 cm³/mol. The van der Waals surface area contributed by atoms with Gasteiger partial charge in [0.2, 0.25) is 0 Å². The zero-order chi connectivity index (χ0) is 18.8. The second-order valence-corrected chi connectivity index (χ2v) is 7.42. The average Bonchev–Trinajstić information content (AvgIpc) is 3.15. The van der Waals surface area contributed by atoms with Crippen molar-refractivity contribution in [1.29, 1.82) is 0 Å². The van der Waals surface area contributed by atoms with E-state index in [1.807, 2.05) is 47.8 Å². The van der Waals surface area contributed by atoms with Crippen LogP contribution in [0.1, 0.15) is 30.3 Å². The fraction of sp³-hybridized carbons (Fsp3) is 0.250. The first-order valence-electron chi connectivity index (χ1n) is 8.82. The van der Waals surface area contributed by atoms with Gasteiger partial charge in [0.15, 0.2) is 11.8 Å². The predicted octanol–water partition coefficient (Wildman–Crippen LogP) is 3.42. The molecule has 0 spiro atoms. The molecule has 1 N–H and O–H groups in total. The Hall–Kier alpha value is -2.93. The van der Waals surface area contributed by atoms with Crippen LogP contribution in [-0.4, -0.2) is 33.8 Å². The third kappa shape index (κ3) is 3.93. The number of ether oxygens (including phenoxy) is 1. The minimum Gasteiger partial charge on any atom is -0.448 e. The molecule has 1 amide bonds. The molecule has 1 atom stereocenters. The van der Waals surface area contributed by atoms with E-state index in [2.05, 4.69) is 10.4 Å². The molecule has 1 aliphatic carbocycles. The maximum atomic E-state index is 12.8. The number of hydrogen-bond donors (Lipinski definition) is 1. The molecule has 1 fully saturated rings. The lowest BCUT2D eigenvalue weighted by molar-refractivity contribution is -0.129. The summed E-state index contributed by atoms with van der Waals surface area (Å²) >= 11 is 1.55. The molecule has 138 valence electrons. The highest BCUT2D eigenvalue weighted by Crippen LogP contribution is 2.26. The third-order valence-electron chi connectivity index (χ3n) is 4.27. The Kier molecular flexibility index (Phi) is 4.77. The zero-order valence-electron chi connectivity index (χ0n) is 14.8. The number of nitrogens with zero attached hydrogens (tertiary/aromatic N) is 2. The minimum absolute atomic E-state index is 0.221. The van der Waals surface area contributed by atoms with Crippen LogP contribution in [0.5, 0.6) is 0 Å². The van der Waals surface area contributed by atoms with Crippen LogP contribution < -0.4 is 5.32 Å². The Bertz CT molecular complexity index is 946. The smallest absolute Gasteiger partial charge is 0.357 e. The van der Waals surface area contributed by atoms with Gasteiger partial charge in [-0.3, -0.25) is 4.79 Å². The summed E-state index contributed by atoms with van der Waals surface area (Å²) in [5.74, 6) is -0.845. The molecule has 27 heavy (non-hydrogen) atoms. The number of amides is 1. The molecule has 0 radical (unpaired) electrons. The second-order valence-electron chi connectivity index (χ2n) is 6.47. The van der Waals surface area contributed by atoms with Gasteiger partial charge in [-0.1, -0.05) is 24.3 Å². The van der Waals surface area contributed by atoms with Crippen LogP contribution in [0.4, 0.5) is 0 Å². The lowest BCUT2D eigenvalue weighted by Crippen LogP contribution is -2.37. The van der Waals surface area contributed by atoms with Gasteiger partial charge in [0, 0.05) is 12.1 Å². The van der Waals surface area contributed by atoms with Crippen molar-refractivity contribution < 1.29 is 14.3 Å². The highest BCUT2D eigenvalue weighted by molar-refractivity contribution is 7.13. The molecule has 1 unspecified atom stereocenters. The molecule has 0 aliphatic heterocycles. The Balaban J connectivity index is 1.61. The van der Waals surface area contributed by atoms with Gasteiger partial charge in [-0.2, -0.15) is 5.10 Å². The summed E-state index contributed by atoms with van der Waals surface area (Å²) in [4.78, 5) is 25.8. The van der Waals surface area contributed by atoms with Gasteiger partial charge < -0.3 is 10.1 Å². The molecule has 0 saturated heterocycles. The first-order chi connectivity index (χ1) is 13.1. The van der Waals surface area contributed by atoms with Crippen molar-refractivity contribution in [3.63, 3.8) is 0 Å². The average molecular weight is 381 g/mol. The van der Waals surface area contributed by atoms with Crippen LogP contribution >= 0.6 is 11.3 Å². The minimum atomic E-state index is -0.859. The van der Waals surface area contributed by atoms with Gasteiger partial charge in [-0.05, 0) is 43.3 Å². The number of thiophene rings is 1. The van der Waals surface area contributed by atoms with E-state index in [0.29, 0.717) is 5.69 Å². The molecule has 3 aromatic rings. The van der Waals surface area contributed by atoms with Crippen LogP contribution in [0, 0.1) is 0 Å². The van der Waals surface area contributed by atoms with E-state index < -0.39 is 12.1 Å². The number of rotatable bonds is 6. The number of para-hydroxylation sites is 1. The van der Waals surface area contributed by atoms with Gasteiger partial charge in [-0.15, -0.1) is 11.3 Å². The van der Waals surface area contributed by atoms with Crippen molar-refractivity contribution in [2.75, 3.05) is 0 Å². The fourth-order valence-electron chi connectivity index (χ4n) is 2.66. The third-order valence-corrected chi connectivity index (χ3v) is 5.16. The van der Waals surface area contributed by atoms with E-state index in [4.69, 9.17) is 4.74 Å². The summed E-state index contributed by atoms with van der Waals surface area (Å²) < 4.78 is 6.97. The summed E-state index contributed by atoms with van der Waals surface area (Å²) in [7, 11) is 0. The zero-order valence-corrected chi connectivity index (χ0v) is 15.6. The summed E-state index contributed by atoms with van der Waals surface area (Å²) in [6.07, 6.45) is 1.11. The van der Waals surface area contributed by atoms with Crippen LogP contribution in [0.2, 0.25) is 0 Å². The Labute approximate surface area is 160 Å². The van der Waals surface area contributed by atoms with Crippen molar-refractivity contribution in [2.45, 2.75) is 31.9 Å². The molecule has 1 saturated carbocycles. The number of hydrogen-bond acceptors (Lipinski definition) is 5. The molecule has 1 aromatic carbocycles. The molecule has 7 heteroatoms. The Morgan fingerprint density at radius 3 is 2.67 bits per heavy atom. The van der Waals surface area contributed by atoms with Crippen LogP contribution in [-0.2, 0) is 9.53 Å². The summed E-state index contributed by atoms with van der Waals surface area (Å²) in [5.41, 5.74) is 1.73. The van der Waals surface area contributed by atoms with Crippen molar-refractivity contribution in [2.24, 2.45) is 0 Å². The quantitative estimate of drug-likeness (QED) is 0.664. The van der Waals surface area contributed by atoms with Gasteiger partial charge in [0.25, 0.3) is 5.91 Å². The maximum absolute atomic E-state index is 12.8. The number of esters is 1. The van der Waals surface area contributed by atoms with E-state index in [0.717, 1.165) is 23.4 Å². The van der Waals surface area contributed by atoms with E-state index >= 15 is 0 Å². The SMILES string of the molecule is CC(OC(=O)c1cc(-c2cccs2)nn1-c1ccccc1)C(=O)NC1CC1. The van der Waals surface area contributed by atoms with Crippen LogP contribution in [0.25, 0.3) is 16.3 Å². The monoisotopic (exact) mass is 381 g/mol. The normalized spacial score (nSPS) is 14.6. The van der Waals surface area contributed by atoms with E-state index in [9.17, 15) is 9.59 Å². The van der Waals surface area contributed by atoms with E-state index in [1.54, 1.807) is 29.0 Å². The van der Waals surface area contributed by atoms with Gasteiger partial charge >= 0.3 is 5.97 Å². The summed E-state index contributed by atoms with van der Waals surface area (Å²) in [6.45, 7) is 1.58. The van der Waals surface area contributed by atoms with Gasteiger partial charge in [0.05, 0.1) is 10.6 Å². The largest absolute Gasteiger partial charge is 0.448 e. The van der Waals surface area contributed by atoms with Crippen LogP contribution in [0.3, 0.4) is 0 Å². The standard InChI is InChI=1S/C20H19N3O3S/c1-13(19(24)21-14-9-10-14)26-20(25)17-12-16(18-8-5-11-27-18)22-23(17)15-6-3-2-4-7-15/h2-8,11-14H,9-10H2,1H3,(H,21,24). The van der Waals surface area contributed by atoms with Gasteiger partial charge in [0.1, 0.15) is 5.69 Å². The van der Waals surface area contributed by atoms with Crippen molar-refractivity contribution in [3.8, 4) is 16.3 Å². The molecule has 1 aliphatic rings. The molecule has 6 nitrogen and oxygen atoms in total. The van der Waals surface area contributed by atoms with E-state index in [1.165, 1.54) is 0 Å². The number of nitrogens with one attached hydrogen (secondary N) is 1. The molecule has 4 rings (SSSR count). The Morgan fingerprint density at radius 1 is 1.22 bits per heavy atom.